The van der Waals surface area contributed by atoms with E-state index >= 15 is 0 Å². The maximum absolute atomic E-state index is 13.0. The number of aromatic nitrogens is 1. The van der Waals surface area contributed by atoms with Gasteiger partial charge in [0.2, 0.25) is 0 Å². The van der Waals surface area contributed by atoms with Crippen molar-refractivity contribution in [3.63, 3.8) is 0 Å². The van der Waals surface area contributed by atoms with Crippen molar-refractivity contribution < 1.29 is 14.3 Å². The number of para-hydroxylation sites is 1. The van der Waals surface area contributed by atoms with Gasteiger partial charge in [-0.3, -0.25) is 9.69 Å². The van der Waals surface area contributed by atoms with Gasteiger partial charge in [-0.1, -0.05) is 24.6 Å². The minimum Gasteiger partial charge on any atom is -0.358 e. The Morgan fingerprint density at radius 3 is 2.88 bits per heavy atom. The van der Waals surface area contributed by atoms with Crippen LogP contribution < -0.4 is 0 Å². The summed E-state index contributed by atoms with van der Waals surface area (Å²) >= 11 is 0. The second-order valence-electron chi connectivity index (χ2n) is 6.74. The highest BCUT2D eigenvalue weighted by molar-refractivity contribution is 6.10. The van der Waals surface area contributed by atoms with Gasteiger partial charge in [-0.25, -0.2) is 0 Å². The zero-order chi connectivity index (χ0) is 16.5. The third kappa shape index (κ3) is 2.88. The average Bonchev–Trinajstić information content (AvgIpc) is 3.22. The van der Waals surface area contributed by atoms with Crippen LogP contribution in [-0.2, 0) is 9.47 Å². The van der Waals surface area contributed by atoms with E-state index in [4.69, 9.17) is 9.47 Å². The van der Waals surface area contributed by atoms with Crippen molar-refractivity contribution >= 4 is 16.7 Å². The Morgan fingerprint density at radius 1 is 1.25 bits per heavy atom. The third-order valence-corrected chi connectivity index (χ3v) is 5.15. The number of piperidine rings is 1. The van der Waals surface area contributed by atoms with Crippen molar-refractivity contribution in [1.29, 1.82) is 0 Å². The Hall–Kier alpha value is -1.69. The molecule has 2 saturated heterocycles. The van der Waals surface area contributed by atoms with Gasteiger partial charge >= 0.3 is 0 Å². The van der Waals surface area contributed by atoms with E-state index in [1.807, 2.05) is 31.2 Å². The lowest BCUT2D eigenvalue weighted by molar-refractivity contribution is -0.107. The molecule has 3 heterocycles. The summed E-state index contributed by atoms with van der Waals surface area (Å²) < 4.78 is 11.4. The molecular weight excluding hydrogens is 304 g/mol. The summed E-state index contributed by atoms with van der Waals surface area (Å²) in [6.07, 6.45) is 3.15. The van der Waals surface area contributed by atoms with Crippen LogP contribution in [0.15, 0.2) is 24.3 Å². The van der Waals surface area contributed by atoms with Crippen molar-refractivity contribution in [3.8, 4) is 0 Å². The predicted molar refractivity (Wildman–Crippen MR) is 92.3 cm³/mol. The molecular formula is C19H24N2O3. The average molecular weight is 328 g/mol. The zero-order valence-electron chi connectivity index (χ0n) is 14.1. The molecule has 1 unspecified atom stereocenters. The summed E-state index contributed by atoms with van der Waals surface area (Å²) in [4.78, 5) is 18.6. The second-order valence-corrected chi connectivity index (χ2v) is 6.74. The van der Waals surface area contributed by atoms with Crippen LogP contribution >= 0.6 is 0 Å². The van der Waals surface area contributed by atoms with Crippen LogP contribution in [0.5, 0.6) is 0 Å². The molecule has 0 bridgehead atoms. The SMILES string of the molecule is Cc1[nH]c2ccccc2c1C(=O)CN1CCCCC1C1OCCO1. The Balaban J connectivity index is 1.56. The number of hydrogen-bond acceptors (Lipinski definition) is 4. The quantitative estimate of drug-likeness (QED) is 0.877. The summed E-state index contributed by atoms with van der Waals surface area (Å²) in [6.45, 7) is 4.65. The van der Waals surface area contributed by atoms with Crippen LogP contribution in [0.3, 0.4) is 0 Å². The topological polar surface area (TPSA) is 54.6 Å². The largest absolute Gasteiger partial charge is 0.358 e. The van der Waals surface area contributed by atoms with Crippen LogP contribution in [0.1, 0.15) is 35.3 Å². The molecule has 0 saturated carbocycles. The molecule has 0 radical (unpaired) electrons. The number of ketones is 1. The first-order valence-electron chi connectivity index (χ1n) is 8.82. The van der Waals surface area contributed by atoms with Gasteiger partial charge in [-0.05, 0) is 32.4 Å². The first-order chi connectivity index (χ1) is 11.7. The number of carbonyl (C=O) groups is 1. The van der Waals surface area contributed by atoms with Crippen LogP contribution in [0.25, 0.3) is 10.9 Å². The molecule has 1 aromatic heterocycles. The molecule has 1 aromatic carbocycles. The van der Waals surface area contributed by atoms with E-state index in [9.17, 15) is 4.79 Å². The van der Waals surface area contributed by atoms with E-state index in [1.54, 1.807) is 0 Å². The molecule has 1 N–H and O–H groups in total. The van der Waals surface area contributed by atoms with E-state index in [0.29, 0.717) is 19.8 Å². The highest BCUT2D eigenvalue weighted by Crippen LogP contribution is 2.27. The fourth-order valence-corrected chi connectivity index (χ4v) is 4.02. The first kappa shape index (κ1) is 15.8. The van der Waals surface area contributed by atoms with Crippen LogP contribution in [-0.4, -0.2) is 54.3 Å². The number of nitrogens with one attached hydrogen (secondary N) is 1. The summed E-state index contributed by atoms with van der Waals surface area (Å²) in [6, 6.07) is 8.19. The maximum Gasteiger partial charge on any atom is 0.179 e. The molecule has 128 valence electrons. The summed E-state index contributed by atoms with van der Waals surface area (Å²) in [5.74, 6) is 0.176. The molecule has 5 heteroatoms. The van der Waals surface area contributed by atoms with Gasteiger partial charge in [0.05, 0.1) is 25.8 Å². The monoisotopic (exact) mass is 328 g/mol. The highest BCUT2D eigenvalue weighted by Gasteiger charge is 2.35. The van der Waals surface area contributed by atoms with Crippen LogP contribution in [0.2, 0.25) is 0 Å². The summed E-state index contributed by atoms with van der Waals surface area (Å²) in [5.41, 5.74) is 2.79. The Bertz CT molecular complexity index is 733. The Labute approximate surface area is 141 Å². The van der Waals surface area contributed by atoms with Crippen molar-refractivity contribution in [2.75, 3.05) is 26.3 Å². The number of aryl methyl sites for hydroxylation is 1. The van der Waals surface area contributed by atoms with Gasteiger partial charge < -0.3 is 14.5 Å². The molecule has 4 rings (SSSR count). The van der Waals surface area contributed by atoms with E-state index in [0.717, 1.165) is 41.5 Å². The summed E-state index contributed by atoms with van der Waals surface area (Å²) in [7, 11) is 0. The fourth-order valence-electron chi connectivity index (χ4n) is 4.02. The zero-order valence-corrected chi connectivity index (χ0v) is 14.1. The Morgan fingerprint density at radius 2 is 2.04 bits per heavy atom. The molecule has 1 atom stereocenters. The summed E-state index contributed by atoms with van der Waals surface area (Å²) in [5, 5.41) is 1.02. The third-order valence-electron chi connectivity index (χ3n) is 5.15. The van der Waals surface area contributed by atoms with Crippen molar-refractivity contribution in [3.05, 3.63) is 35.5 Å². The molecule has 0 spiro atoms. The number of likely N-dealkylation sites (tertiary alicyclic amines) is 1. The van der Waals surface area contributed by atoms with Gasteiger partial charge in [0.25, 0.3) is 0 Å². The minimum atomic E-state index is -0.179. The normalized spacial score (nSPS) is 23.1. The second kappa shape index (κ2) is 6.67. The van der Waals surface area contributed by atoms with E-state index in [-0.39, 0.29) is 18.1 Å². The number of fused-ring (bicyclic) bond motifs is 1. The lowest BCUT2D eigenvalue weighted by Gasteiger charge is -2.37. The molecule has 2 aromatic rings. The molecule has 0 aliphatic carbocycles. The molecule has 5 nitrogen and oxygen atoms in total. The number of hydrogen-bond donors (Lipinski definition) is 1. The number of aromatic amines is 1. The van der Waals surface area contributed by atoms with Gasteiger partial charge in [0.15, 0.2) is 12.1 Å². The number of carbonyl (C=O) groups excluding carboxylic acids is 1. The van der Waals surface area contributed by atoms with Crippen LogP contribution in [0, 0.1) is 6.92 Å². The lowest BCUT2D eigenvalue weighted by atomic mass is 9.99. The predicted octanol–water partition coefficient (Wildman–Crippen LogP) is 2.89. The standard InChI is InChI=1S/C19H24N2O3/c1-13-18(14-6-2-3-7-15(14)20-13)17(22)12-21-9-5-4-8-16(21)19-23-10-11-24-19/h2-3,6-7,16,19-20H,4-5,8-12H2,1H3. The smallest absolute Gasteiger partial charge is 0.179 e. The van der Waals surface area contributed by atoms with Crippen LogP contribution in [0.4, 0.5) is 0 Å². The van der Waals surface area contributed by atoms with Crippen molar-refractivity contribution in [2.24, 2.45) is 0 Å². The number of Topliss-reactive ketones (excluding diaryl/α,β-unsaturated/α-hetero) is 1. The fraction of sp³-hybridized carbons (Fsp3) is 0.526. The van der Waals surface area contributed by atoms with Gasteiger partial charge in [-0.2, -0.15) is 0 Å². The van der Waals surface area contributed by atoms with Crippen molar-refractivity contribution in [2.45, 2.75) is 38.5 Å². The van der Waals surface area contributed by atoms with E-state index < -0.39 is 0 Å². The number of ether oxygens (including phenoxy) is 2. The number of rotatable bonds is 4. The number of benzene rings is 1. The first-order valence-corrected chi connectivity index (χ1v) is 8.82. The number of H-pyrrole nitrogens is 1. The lowest BCUT2D eigenvalue weighted by Crippen LogP contribution is -2.49. The van der Waals surface area contributed by atoms with Gasteiger partial charge in [-0.15, -0.1) is 0 Å². The highest BCUT2D eigenvalue weighted by atomic mass is 16.7. The number of nitrogens with zero attached hydrogens (tertiary/aromatic N) is 1. The Kier molecular flexibility index (Phi) is 4.39. The minimum absolute atomic E-state index is 0.176. The van der Waals surface area contributed by atoms with Crippen molar-refractivity contribution in [1.82, 2.24) is 9.88 Å². The van der Waals surface area contributed by atoms with E-state index in [1.165, 1.54) is 6.42 Å². The molecule has 2 aliphatic rings. The van der Waals surface area contributed by atoms with Gasteiger partial charge in [0, 0.05) is 22.2 Å². The molecule has 0 amide bonds. The molecule has 2 fully saturated rings. The molecule has 2 aliphatic heterocycles. The van der Waals surface area contributed by atoms with Gasteiger partial charge in [0.1, 0.15) is 0 Å². The maximum atomic E-state index is 13.0. The molecule has 24 heavy (non-hydrogen) atoms. The van der Waals surface area contributed by atoms with E-state index in [2.05, 4.69) is 9.88 Å².